The maximum absolute atomic E-state index is 13.5. The van der Waals surface area contributed by atoms with Gasteiger partial charge in [-0.1, -0.05) is 12.1 Å². The van der Waals surface area contributed by atoms with Crippen molar-refractivity contribution in [3.05, 3.63) is 63.9 Å². The molecule has 0 radical (unpaired) electrons. The van der Waals surface area contributed by atoms with Gasteiger partial charge in [0.2, 0.25) is 0 Å². The van der Waals surface area contributed by atoms with E-state index in [1.165, 1.54) is 18.2 Å². The average Bonchev–Trinajstić information content (AvgIpc) is 3.37. The van der Waals surface area contributed by atoms with E-state index in [0.717, 1.165) is 42.2 Å². The Bertz CT molecular complexity index is 1160. The number of aromatic nitrogens is 1. The summed E-state index contributed by atoms with van der Waals surface area (Å²) in [6.07, 6.45) is -2.15. The fourth-order valence-electron chi connectivity index (χ4n) is 4.06. The molecule has 2 aromatic heterocycles. The fraction of sp³-hybridized carbons (Fsp3) is 0.391. The zero-order valence-corrected chi connectivity index (χ0v) is 19.0. The summed E-state index contributed by atoms with van der Waals surface area (Å²) in [5.74, 6) is -0.488. The van der Waals surface area contributed by atoms with Crippen LogP contribution in [-0.4, -0.2) is 35.4 Å². The van der Waals surface area contributed by atoms with Gasteiger partial charge in [0.05, 0.1) is 4.88 Å². The van der Waals surface area contributed by atoms with Crippen LogP contribution in [0, 0.1) is 12.7 Å². The first-order valence-electron chi connectivity index (χ1n) is 10.6. The van der Waals surface area contributed by atoms with E-state index < -0.39 is 11.9 Å². The zero-order valence-electron chi connectivity index (χ0n) is 18.2. The Balaban J connectivity index is 1.33. The summed E-state index contributed by atoms with van der Waals surface area (Å²) in [7, 11) is 1.69. The molecule has 0 aliphatic carbocycles. The van der Waals surface area contributed by atoms with E-state index in [0.29, 0.717) is 22.4 Å². The number of rotatable bonds is 6. The summed E-state index contributed by atoms with van der Waals surface area (Å²) < 4.78 is 52.3. The lowest BCUT2D eigenvalue weighted by molar-refractivity contribution is -0.140. The van der Waals surface area contributed by atoms with E-state index in [-0.39, 0.29) is 28.6 Å². The van der Waals surface area contributed by atoms with E-state index in [9.17, 15) is 22.4 Å². The Labute approximate surface area is 192 Å². The summed E-state index contributed by atoms with van der Waals surface area (Å²) in [6, 6.07) is 9.06. The van der Waals surface area contributed by atoms with Crippen LogP contribution >= 0.6 is 11.3 Å². The summed E-state index contributed by atoms with van der Waals surface area (Å²) in [4.78, 5) is 18.9. The molecule has 1 fully saturated rings. The van der Waals surface area contributed by atoms with Crippen LogP contribution in [-0.2, 0) is 6.18 Å². The lowest BCUT2D eigenvalue weighted by Crippen LogP contribution is -2.32. The number of pyridine rings is 1. The Hall–Kier alpha value is -2.56. The number of fused-ring (bicyclic) bond motifs is 1. The highest BCUT2D eigenvalue weighted by Crippen LogP contribution is 2.34. The number of halogens is 4. The van der Waals surface area contributed by atoms with Crippen molar-refractivity contribution in [2.75, 3.05) is 13.6 Å². The van der Waals surface area contributed by atoms with E-state index in [1.807, 2.05) is 6.07 Å². The monoisotopic (exact) mass is 480 g/mol. The van der Waals surface area contributed by atoms with Gasteiger partial charge in [-0.25, -0.2) is 9.37 Å². The smallest absolute Gasteiger partial charge is 0.341 e. The van der Waals surface area contributed by atoms with Gasteiger partial charge in [-0.2, -0.15) is 13.2 Å². The van der Waals surface area contributed by atoms with E-state index in [2.05, 4.69) is 15.8 Å². The minimum atomic E-state index is -4.52. The second-order valence-corrected chi connectivity index (χ2v) is 9.30. The number of nitrogens with zero attached hydrogens (tertiary/aromatic N) is 2. The molecule has 1 saturated heterocycles. The van der Waals surface area contributed by atoms with E-state index in [4.69, 9.17) is 0 Å². The van der Waals surface area contributed by atoms with Gasteiger partial charge < -0.3 is 4.90 Å². The first-order chi connectivity index (χ1) is 15.6. The number of alkyl halides is 3. The molecule has 5 nitrogen and oxygen atoms in total. The third-order valence-corrected chi connectivity index (χ3v) is 7.10. The second-order valence-electron chi connectivity index (χ2n) is 8.30. The number of carbonyl (C=O) groups excluding carboxylic acids is 1. The van der Waals surface area contributed by atoms with E-state index >= 15 is 0 Å². The Kier molecular flexibility index (Phi) is 6.69. The van der Waals surface area contributed by atoms with Crippen LogP contribution in [0.25, 0.3) is 10.2 Å². The van der Waals surface area contributed by atoms with Crippen LogP contribution in [0.15, 0.2) is 36.4 Å². The predicted octanol–water partition coefficient (Wildman–Crippen LogP) is 5.22. The van der Waals surface area contributed by atoms with Crippen molar-refractivity contribution < 1.29 is 22.4 Å². The number of nitrogens with one attached hydrogen (secondary N) is 2. The molecule has 1 aromatic carbocycles. The lowest BCUT2D eigenvalue weighted by Gasteiger charge is -2.18. The van der Waals surface area contributed by atoms with Crippen molar-refractivity contribution >= 4 is 27.5 Å². The molecule has 0 saturated carbocycles. The maximum atomic E-state index is 13.5. The van der Waals surface area contributed by atoms with Crippen molar-refractivity contribution in [1.29, 1.82) is 0 Å². The number of hydrogen-bond donors (Lipinski definition) is 2. The third-order valence-electron chi connectivity index (χ3n) is 5.91. The third kappa shape index (κ3) is 5.18. The number of thiophene rings is 1. The van der Waals surface area contributed by atoms with Crippen molar-refractivity contribution in [2.45, 2.75) is 44.4 Å². The van der Waals surface area contributed by atoms with Crippen LogP contribution in [0.1, 0.15) is 51.8 Å². The molecular weight excluding hydrogens is 456 g/mol. The normalized spacial score (nSPS) is 18.7. The van der Waals surface area contributed by atoms with Gasteiger partial charge in [-0.3, -0.25) is 15.6 Å². The molecule has 33 heavy (non-hydrogen) atoms. The lowest BCUT2D eigenvalue weighted by atomic mass is 9.99. The zero-order chi connectivity index (χ0) is 23.8. The highest BCUT2D eigenvalue weighted by Gasteiger charge is 2.33. The molecule has 0 bridgehead atoms. The number of aryl methyl sites for hydroxylation is 1. The molecular formula is C23H24F4N4OS. The molecule has 0 spiro atoms. The van der Waals surface area contributed by atoms with Crippen molar-refractivity contribution in [3.63, 3.8) is 0 Å². The first-order valence-corrected chi connectivity index (χ1v) is 11.4. The highest BCUT2D eigenvalue weighted by molar-refractivity contribution is 7.20. The van der Waals surface area contributed by atoms with Gasteiger partial charge >= 0.3 is 6.18 Å². The van der Waals surface area contributed by atoms with Gasteiger partial charge in [-0.15, -0.1) is 11.3 Å². The van der Waals surface area contributed by atoms with Crippen molar-refractivity contribution in [3.8, 4) is 0 Å². The van der Waals surface area contributed by atoms with Gasteiger partial charge in [-0.05, 0) is 61.6 Å². The SMILES string of the molecule is Cc1c(C(=O)N(C)CCCC2CC(c3cccc(F)c3)NN2)sc2nc(C(F)(F)F)ccc12. The van der Waals surface area contributed by atoms with Gasteiger partial charge in [0, 0.05) is 31.1 Å². The quantitative estimate of drug-likeness (QED) is 0.475. The number of benzene rings is 1. The Morgan fingerprint density at radius 2 is 2.03 bits per heavy atom. The molecule has 10 heteroatoms. The summed E-state index contributed by atoms with van der Waals surface area (Å²) in [6.45, 7) is 2.24. The van der Waals surface area contributed by atoms with Crippen LogP contribution in [0.3, 0.4) is 0 Å². The molecule has 176 valence electrons. The molecule has 2 atom stereocenters. The Morgan fingerprint density at radius 3 is 2.76 bits per heavy atom. The molecule has 3 aromatic rings. The van der Waals surface area contributed by atoms with Gasteiger partial charge in [0.15, 0.2) is 0 Å². The number of amides is 1. The van der Waals surface area contributed by atoms with Crippen LogP contribution in [0.2, 0.25) is 0 Å². The minimum absolute atomic E-state index is 0.0281. The molecule has 1 aliphatic heterocycles. The molecule has 1 amide bonds. The van der Waals surface area contributed by atoms with Crippen LogP contribution in [0.5, 0.6) is 0 Å². The highest BCUT2D eigenvalue weighted by atomic mass is 32.1. The van der Waals surface area contributed by atoms with Crippen LogP contribution < -0.4 is 10.9 Å². The minimum Gasteiger partial charge on any atom is -0.341 e. The number of carbonyl (C=O) groups is 1. The first kappa shape index (κ1) is 23.6. The fourth-order valence-corrected chi connectivity index (χ4v) is 5.24. The van der Waals surface area contributed by atoms with Gasteiger partial charge in [0.1, 0.15) is 16.3 Å². The van der Waals surface area contributed by atoms with Gasteiger partial charge in [0.25, 0.3) is 5.91 Å². The number of hydrogen-bond acceptors (Lipinski definition) is 5. The summed E-state index contributed by atoms with van der Waals surface area (Å²) in [5, 5.41) is 0.564. The standard InChI is InChI=1S/C23H24F4N4OS/c1-13-17-8-9-19(23(25,26)27)28-21(17)33-20(13)22(32)31(2)10-4-7-16-12-18(30-29-16)14-5-3-6-15(24)11-14/h3,5-6,8-9,11,16,18,29-30H,4,7,10,12H2,1-2H3. The summed E-state index contributed by atoms with van der Waals surface area (Å²) >= 11 is 0.993. The maximum Gasteiger partial charge on any atom is 0.433 e. The molecule has 2 unspecified atom stereocenters. The molecule has 4 rings (SSSR count). The van der Waals surface area contributed by atoms with E-state index in [1.54, 1.807) is 24.9 Å². The largest absolute Gasteiger partial charge is 0.433 e. The molecule has 2 N–H and O–H groups in total. The molecule has 1 aliphatic rings. The van der Waals surface area contributed by atoms with Crippen molar-refractivity contribution in [1.82, 2.24) is 20.7 Å². The predicted molar refractivity (Wildman–Crippen MR) is 119 cm³/mol. The molecule has 3 heterocycles. The van der Waals surface area contributed by atoms with Crippen LogP contribution in [0.4, 0.5) is 17.6 Å². The number of hydrazine groups is 1. The van der Waals surface area contributed by atoms with Crippen molar-refractivity contribution in [2.24, 2.45) is 0 Å². The second kappa shape index (κ2) is 9.36. The Morgan fingerprint density at radius 1 is 1.24 bits per heavy atom. The summed E-state index contributed by atoms with van der Waals surface area (Å²) in [5.41, 5.74) is 7.00. The average molecular weight is 481 g/mol. The topological polar surface area (TPSA) is 57.3 Å².